The number of aromatic nitrogens is 2. The fraction of sp³-hybridized carbons (Fsp3) is 0.154. The van der Waals surface area contributed by atoms with E-state index in [9.17, 15) is 4.79 Å². The van der Waals surface area contributed by atoms with Gasteiger partial charge in [0, 0.05) is 12.2 Å². The minimum atomic E-state index is 0.0648. The Bertz CT molecular complexity index is 659. The molecule has 2 aromatic rings. The Morgan fingerprint density at radius 2 is 2.11 bits per heavy atom. The van der Waals surface area contributed by atoms with Crippen molar-refractivity contribution in [3.8, 4) is 0 Å². The predicted octanol–water partition coefficient (Wildman–Crippen LogP) is 2.22. The highest BCUT2D eigenvalue weighted by Gasteiger charge is 2.25. The Kier molecular flexibility index (Phi) is 2.83. The van der Waals surface area contributed by atoms with Crippen LogP contribution < -0.4 is 10.6 Å². The fourth-order valence-corrected chi connectivity index (χ4v) is 2.53. The first-order valence-electron chi connectivity index (χ1n) is 5.84. The van der Waals surface area contributed by atoms with Crippen LogP contribution in [0.3, 0.4) is 0 Å². The first-order chi connectivity index (χ1) is 9.20. The first-order valence-corrected chi connectivity index (χ1v) is 6.22. The molecule has 0 unspecified atom stereocenters. The number of nitrogen functional groups attached to an aromatic ring is 1. The van der Waals surface area contributed by atoms with Gasteiger partial charge in [0.05, 0.1) is 5.56 Å². The van der Waals surface area contributed by atoms with Gasteiger partial charge in [-0.3, -0.25) is 4.79 Å². The van der Waals surface area contributed by atoms with Crippen molar-refractivity contribution in [2.24, 2.45) is 0 Å². The molecular weight excluding hydrogens is 264 g/mol. The number of carbonyl (C=O) groups excluding carboxylic acids is 1. The second-order valence-electron chi connectivity index (χ2n) is 4.26. The zero-order valence-electron chi connectivity index (χ0n) is 10.0. The van der Waals surface area contributed by atoms with Crippen molar-refractivity contribution in [3.63, 3.8) is 0 Å². The van der Waals surface area contributed by atoms with Gasteiger partial charge >= 0.3 is 0 Å². The molecule has 0 amide bonds. The molecule has 2 N–H and O–H groups in total. The van der Waals surface area contributed by atoms with Gasteiger partial charge in [-0.25, -0.2) is 4.98 Å². The largest absolute Gasteiger partial charge is 0.368 e. The third-order valence-corrected chi connectivity index (χ3v) is 3.45. The zero-order valence-corrected chi connectivity index (χ0v) is 10.8. The minimum absolute atomic E-state index is 0.0648. The number of anilines is 3. The molecule has 0 spiro atoms. The van der Waals surface area contributed by atoms with E-state index in [1.807, 2.05) is 23.1 Å². The Balaban J connectivity index is 2.16. The summed E-state index contributed by atoms with van der Waals surface area (Å²) < 4.78 is 0. The van der Waals surface area contributed by atoms with Crippen LogP contribution in [0.15, 0.2) is 24.3 Å². The van der Waals surface area contributed by atoms with Crippen molar-refractivity contribution in [3.05, 3.63) is 40.5 Å². The Hall–Kier alpha value is -2.14. The van der Waals surface area contributed by atoms with E-state index in [1.54, 1.807) is 0 Å². The van der Waals surface area contributed by atoms with Crippen LogP contribution in [0.2, 0.25) is 5.15 Å². The smallest absolute Gasteiger partial charge is 0.223 e. The lowest BCUT2D eigenvalue weighted by molar-refractivity contribution is 0.112. The van der Waals surface area contributed by atoms with Gasteiger partial charge in [-0.15, -0.1) is 0 Å². The molecule has 2 heterocycles. The van der Waals surface area contributed by atoms with Crippen LogP contribution >= 0.6 is 11.6 Å². The van der Waals surface area contributed by atoms with Crippen LogP contribution in [0.5, 0.6) is 0 Å². The van der Waals surface area contributed by atoms with Crippen molar-refractivity contribution < 1.29 is 4.79 Å². The molecule has 0 aliphatic carbocycles. The van der Waals surface area contributed by atoms with Gasteiger partial charge in [0.25, 0.3) is 0 Å². The number of nitrogens with zero attached hydrogens (tertiary/aromatic N) is 3. The number of carbonyl (C=O) groups is 1. The number of rotatable bonds is 2. The number of para-hydroxylation sites is 1. The predicted molar refractivity (Wildman–Crippen MR) is 74.0 cm³/mol. The van der Waals surface area contributed by atoms with E-state index in [1.165, 1.54) is 5.56 Å². The van der Waals surface area contributed by atoms with Gasteiger partial charge < -0.3 is 10.6 Å². The lowest BCUT2D eigenvalue weighted by Crippen LogP contribution is -2.18. The molecule has 0 bridgehead atoms. The monoisotopic (exact) mass is 274 g/mol. The number of halogens is 1. The average molecular weight is 275 g/mol. The SMILES string of the molecule is Nc1nc(Cl)c(C=O)c(N2CCc3ccccc32)n1. The van der Waals surface area contributed by atoms with Gasteiger partial charge in [0.15, 0.2) is 12.1 Å². The second-order valence-corrected chi connectivity index (χ2v) is 4.62. The van der Waals surface area contributed by atoms with Crippen molar-refractivity contribution in [1.29, 1.82) is 0 Å². The van der Waals surface area contributed by atoms with E-state index in [-0.39, 0.29) is 16.7 Å². The maximum Gasteiger partial charge on any atom is 0.223 e. The molecule has 1 aliphatic rings. The molecular formula is C13H11ClN4O. The molecule has 96 valence electrons. The summed E-state index contributed by atoms with van der Waals surface area (Å²) in [6.07, 6.45) is 1.56. The van der Waals surface area contributed by atoms with Gasteiger partial charge in [-0.2, -0.15) is 4.98 Å². The van der Waals surface area contributed by atoms with Crippen LogP contribution in [0.25, 0.3) is 0 Å². The summed E-state index contributed by atoms with van der Waals surface area (Å²) in [6.45, 7) is 0.743. The molecule has 0 radical (unpaired) electrons. The number of aldehydes is 1. The second kappa shape index (κ2) is 4.51. The summed E-state index contributed by atoms with van der Waals surface area (Å²) in [6, 6.07) is 7.99. The van der Waals surface area contributed by atoms with Gasteiger partial charge in [-0.05, 0) is 18.1 Å². The molecule has 1 aliphatic heterocycles. The van der Waals surface area contributed by atoms with Crippen molar-refractivity contribution in [1.82, 2.24) is 9.97 Å². The number of hydrogen-bond acceptors (Lipinski definition) is 5. The van der Waals surface area contributed by atoms with Crippen LogP contribution in [0.1, 0.15) is 15.9 Å². The molecule has 0 fully saturated rings. The summed E-state index contributed by atoms with van der Waals surface area (Å²) in [5.41, 5.74) is 8.14. The molecule has 5 nitrogen and oxygen atoms in total. The topological polar surface area (TPSA) is 72.1 Å². The maximum atomic E-state index is 11.2. The molecule has 19 heavy (non-hydrogen) atoms. The molecule has 0 atom stereocenters. The summed E-state index contributed by atoms with van der Waals surface area (Å²) >= 11 is 5.95. The van der Waals surface area contributed by atoms with Crippen LogP contribution in [-0.2, 0) is 6.42 Å². The highest BCUT2D eigenvalue weighted by atomic mass is 35.5. The normalized spacial score (nSPS) is 13.4. The van der Waals surface area contributed by atoms with E-state index in [0.29, 0.717) is 12.1 Å². The zero-order chi connectivity index (χ0) is 13.4. The third-order valence-electron chi connectivity index (χ3n) is 3.16. The molecule has 3 rings (SSSR count). The van der Waals surface area contributed by atoms with Crippen molar-refractivity contribution in [2.45, 2.75) is 6.42 Å². The van der Waals surface area contributed by atoms with Crippen LogP contribution in [-0.4, -0.2) is 22.8 Å². The van der Waals surface area contributed by atoms with Gasteiger partial charge in [0.2, 0.25) is 5.95 Å². The lowest BCUT2D eigenvalue weighted by Gasteiger charge is -2.20. The van der Waals surface area contributed by atoms with Crippen molar-refractivity contribution in [2.75, 3.05) is 17.2 Å². The Morgan fingerprint density at radius 3 is 2.89 bits per heavy atom. The Labute approximate surface area is 115 Å². The number of nitrogens with two attached hydrogens (primary N) is 1. The van der Waals surface area contributed by atoms with Crippen LogP contribution in [0, 0.1) is 0 Å². The van der Waals surface area contributed by atoms with Crippen LogP contribution in [0.4, 0.5) is 17.5 Å². The standard InChI is InChI=1S/C13H11ClN4O/c14-11-9(7-19)12(17-13(15)16-11)18-6-5-8-3-1-2-4-10(8)18/h1-4,7H,5-6H2,(H2,15,16,17). The Morgan fingerprint density at radius 1 is 1.32 bits per heavy atom. The molecule has 0 saturated carbocycles. The van der Waals surface area contributed by atoms with Crippen molar-refractivity contribution >= 4 is 35.3 Å². The third kappa shape index (κ3) is 1.92. The molecule has 0 saturated heterocycles. The number of hydrogen-bond donors (Lipinski definition) is 1. The molecule has 1 aromatic heterocycles. The quantitative estimate of drug-likeness (QED) is 0.671. The molecule has 6 heteroatoms. The van der Waals surface area contributed by atoms with E-state index >= 15 is 0 Å². The summed E-state index contributed by atoms with van der Waals surface area (Å²) in [5, 5.41) is 0.0851. The number of benzene rings is 1. The number of fused-ring (bicyclic) bond motifs is 1. The van der Waals surface area contributed by atoms with Gasteiger partial charge in [0.1, 0.15) is 5.15 Å². The average Bonchev–Trinajstić information content (AvgIpc) is 2.81. The highest BCUT2D eigenvalue weighted by Crippen LogP contribution is 2.36. The van der Waals surface area contributed by atoms with E-state index < -0.39 is 0 Å². The molecule has 1 aromatic carbocycles. The lowest BCUT2D eigenvalue weighted by atomic mass is 10.2. The summed E-state index contributed by atoms with van der Waals surface area (Å²) in [4.78, 5) is 21.1. The maximum absolute atomic E-state index is 11.2. The van der Waals surface area contributed by atoms with Gasteiger partial charge in [-0.1, -0.05) is 29.8 Å². The highest BCUT2D eigenvalue weighted by molar-refractivity contribution is 6.32. The minimum Gasteiger partial charge on any atom is -0.368 e. The summed E-state index contributed by atoms with van der Waals surface area (Å²) in [5.74, 6) is 0.535. The van der Waals surface area contributed by atoms with E-state index in [4.69, 9.17) is 17.3 Å². The first kappa shape index (κ1) is 11.9. The fourth-order valence-electron chi connectivity index (χ4n) is 2.31. The summed E-state index contributed by atoms with van der Waals surface area (Å²) in [7, 11) is 0. The van der Waals surface area contributed by atoms with E-state index in [2.05, 4.69) is 16.0 Å². The van der Waals surface area contributed by atoms with E-state index in [0.717, 1.165) is 18.7 Å².